The van der Waals surface area contributed by atoms with Crippen molar-refractivity contribution in [1.29, 1.82) is 0 Å². The summed E-state index contributed by atoms with van der Waals surface area (Å²) < 4.78 is 0. The third-order valence-corrected chi connectivity index (χ3v) is 0.224. The van der Waals surface area contributed by atoms with Gasteiger partial charge in [-0.2, -0.15) is 14.1 Å². The van der Waals surface area contributed by atoms with Gasteiger partial charge in [0.2, 0.25) is 0 Å². The molecule has 0 radical (unpaired) electrons. The van der Waals surface area contributed by atoms with Crippen LogP contribution in [-0.2, 0) is 21.1 Å². The van der Waals surface area contributed by atoms with E-state index in [2.05, 4.69) is 49.0 Å². The zero-order chi connectivity index (χ0) is 6.83. The summed E-state index contributed by atoms with van der Waals surface area (Å²) in [6, 6.07) is 0. The van der Waals surface area contributed by atoms with Crippen LogP contribution in [0.15, 0.2) is 23.1 Å². The smallest absolute Gasteiger partial charge is 0 e. The molecular weight excluding hydrogens is 296 g/mol. The van der Waals surface area contributed by atoms with Crippen molar-refractivity contribution < 1.29 is 21.1 Å². The first-order valence-electron chi connectivity index (χ1n) is 1.79. The summed E-state index contributed by atoms with van der Waals surface area (Å²) in [5.41, 5.74) is 0. The minimum atomic E-state index is 0. The van der Waals surface area contributed by atoms with E-state index in [1.807, 2.05) is 0 Å². The zero-order valence-electron chi connectivity index (χ0n) is 6.13. The molecule has 0 aromatic rings. The van der Waals surface area contributed by atoms with Crippen LogP contribution in [0.2, 0.25) is 0 Å². The van der Waals surface area contributed by atoms with Gasteiger partial charge in [-0.15, -0.1) is 13.2 Å². The molecule has 0 spiro atoms. The second kappa shape index (κ2) is 40.4. The largest absolute Gasteiger partial charge is 0.426 e. The first-order chi connectivity index (χ1) is 3.83. The number of hydrogen-bond donors (Lipinski definition) is 0. The first kappa shape index (κ1) is 22.8. The maximum atomic E-state index is 3.12. The number of rotatable bonds is 0. The van der Waals surface area contributed by atoms with Crippen LogP contribution in [0.1, 0.15) is 0 Å². The fraction of sp³-hybridized carbons (Fsp3) is 0. The van der Waals surface area contributed by atoms with Gasteiger partial charge in [-0.1, -0.05) is 0 Å². The van der Waals surface area contributed by atoms with Crippen molar-refractivity contribution >= 4 is 11.7 Å². The van der Waals surface area contributed by atoms with Crippen molar-refractivity contribution in [2.24, 2.45) is 9.98 Å². The Kier molecular flexibility index (Phi) is 92.0. The molecular formula is C7H11N2W-3. The normalized spacial score (nSPS) is 3.20. The van der Waals surface area contributed by atoms with E-state index in [0.717, 1.165) is 0 Å². The molecule has 0 unspecified atom stereocenters. The van der Waals surface area contributed by atoms with E-state index < -0.39 is 0 Å². The summed E-state index contributed by atoms with van der Waals surface area (Å²) in [6.45, 7) is 6.25. The summed E-state index contributed by atoms with van der Waals surface area (Å²) in [4.78, 5) is 6.25. The summed E-state index contributed by atoms with van der Waals surface area (Å²) in [5.74, 6) is 4.39. The second-order valence-corrected chi connectivity index (χ2v) is 0.632. The molecule has 0 saturated heterocycles. The maximum absolute atomic E-state index is 3.12. The van der Waals surface area contributed by atoms with Gasteiger partial charge in [0.05, 0.1) is 0 Å². The van der Waals surface area contributed by atoms with E-state index in [-0.39, 0.29) is 28.5 Å². The predicted molar refractivity (Wildman–Crippen MR) is 43.3 cm³/mol. The van der Waals surface area contributed by atoms with Crippen molar-refractivity contribution in [3.63, 3.8) is 0 Å². The second-order valence-electron chi connectivity index (χ2n) is 0.632. The Hall–Kier alpha value is -0.672. The molecule has 0 aliphatic heterocycles. The quantitative estimate of drug-likeness (QED) is 0.481. The summed E-state index contributed by atoms with van der Waals surface area (Å²) in [5, 5.41) is 0. The van der Waals surface area contributed by atoms with Crippen LogP contribution in [0.3, 0.4) is 0 Å². The van der Waals surface area contributed by atoms with Gasteiger partial charge in [0.25, 0.3) is 0 Å². The van der Waals surface area contributed by atoms with Gasteiger partial charge in [0.15, 0.2) is 0 Å². The molecule has 3 heteroatoms. The third-order valence-electron chi connectivity index (χ3n) is 0.224. The van der Waals surface area contributed by atoms with Crippen molar-refractivity contribution in [2.75, 3.05) is 0 Å². The summed E-state index contributed by atoms with van der Waals surface area (Å²) in [6.07, 6.45) is 0. The summed E-state index contributed by atoms with van der Waals surface area (Å²) >= 11 is 0. The molecule has 0 atom stereocenters. The summed E-state index contributed by atoms with van der Waals surface area (Å²) in [7, 11) is 6.11. The molecule has 0 aliphatic rings. The number of aliphatic imine (C=N–C) groups is 2. The molecule has 0 aromatic carbocycles. The van der Waals surface area contributed by atoms with Crippen LogP contribution in [-0.4, -0.2) is 11.7 Å². The van der Waals surface area contributed by atoms with Gasteiger partial charge < -0.3 is 17.4 Å². The SMILES string of the molecule is C=C=N[CH2-].C=C=N[CH2-].[CH3-].[W]. The van der Waals surface area contributed by atoms with E-state index in [1.54, 1.807) is 0 Å². The fourth-order valence-electron chi connectivity index (χ4n) is 0. The Morgan fingerprint density at radius 1 is 1.00 bits per heavy atom. The molecule has 0 aromatic heterocycles. The molecule has 0 heterocycles. The van der Waals surface area contributed by atoms with Gasteiger partial charge in [0.1, 0.15) is 0 Å². The minimum Gasteiger partial charge on any atom is -0.426 e. The monoisotopic (exact) mass is 307 g/mol. The zero-order valence-corrected chi connectivity index (χ0v) is 9.06. The number of nitrogens with zero attached hydrogens (tertiary/aromatic N) is 2. The van der Waals surface area contributed by atoms with Crippen LogP contribution < -0.4 is 0 Å². The molecule has 0 aliphatic carbocycles. The average Bonchev–Trinajstić information content (AvgIpc) is 1.88. The van der Waals surface area contributed by atoms with Crippen LogP contribution >= 0.6 is 0 Å². The van der Waals surface area contributed by atoms with Gasteiger partial charge in [-0.05, 0) is 0 Å². The maximum Gasteiger partial charge on any atom is 0 e. The molecule has 0 N–H and O–H groups in total. The fourth-order valence-corrected chi connectivity index (χ4v) is 0. The van der Waals surface area contributed by atoms with Crippen molar-refractivity contribution in [2.45, 2.75) is 0 Å². The van der Waals surface area contributed by atoms with E-state index in [1.165, 1.54) is 0 Å². The van der Waals surface area contributed by atoms with E-state index in [4.69, 9.17) is 0 Å². The molecule has 0 saturated carbocycles. The molecule has 58 valence electrons. The Morgan fingerprint density at radius 3 is 1.10 bits per heavy atom. The Morgan fingerprint density at radius 2 is 1.10 bits per heavy atom. The average molecular weight is 307 g/mol. The number of hydrogen-bond acceptors (Lipinski definition) is 2. The van der Waals surface area contributed by atoms with Crippen molar-refractivity contribution in [1.82, 2.24) is 0 Å². The van der Waals surface area contributed by atoms with Crippen LogP contribution in [0, 0.1) is 21.5 Å². The molecule has 0 bridgehead atoms. The molecule has 0 fully saturated rings. The van der Waals surface area contributed by atoms with Crippen molar-refractivity contribution in [3.8, 4) is 0 Å². The molecule has 2 nitrogen and oxygen atoms in total. The molecule has 10 heavy (non-hydrogen) atoms. The predicted octanol–water partition coefficient (Wildman–Crippen LogP) is 1.72. The first-order valence-corrected chi connectivity index (χ1v) is 1.79. The van der Waals surface area contributed by atoms with Gasteiger partial charge in [-0.3, -0.25) is 11.7 Å². The van der Waals surface area contributed by atoms with Crippen molar-refractivity contribution in [3.05, 3.63) is 34.7 Å². The van der Waals surface area contributed by atoms with Crippen LogP contribution in [0.5, 0.6) is 0 Å². The standard InChI is InChI=1S/2C3H4N.CH3.W/c2*1-3-4-2;;/h2*1-2H2;1H3;/q3*-1;. The van der Waals surface area contributed by atoms with Gasteiger partial charge >= 0.3 is 0 Å². The Bertz CT molecular complexity index is 104. The molecule has 0 rings (SSSR count). The topological polar surface area (TPSA) is 24.7 Å². The Balaban J connectivity index is -0.0000000300. The van der Waals surface area contributed by atoms with E-state index in [0.29, 0.717) is 0 Å². The Labute approximate surface area is 77.7 Å². The third kappa shape index (κ3) is 166. The minimum absolute atomic E-state index is 0. The van der Waals surface area contributed by atoms with E-state index >= 15 is 0 Å². The van der Waals surface area contributed by atoms with Crippen LogP contribution in [0.25, 0.3) is 0 Å². The van der Waals surface area contributed by atoms with Gasteiger partial charge in [0, 0.05) is 21.1 Å². The molecule has 0 amide bonds. The van der Waals surface area contributed by atoms with E-state index in [9.17, 15) is 0 Å². The van der Waals surface area contributed by atoms with Gasteiger partial charge in [-0.25, -0.2) is 0 Å². The van der Waals surface area contributed by atoms with Crippen LogP contribution in [0.4, 0.5) is 0 Å².